The van der Waals surface area contributed by atoms with E-state index in [9.17, 15) is 13.0 Å². The van der Waals surface area contributed by atoms with E-state index in [0.29, 0.717) is 12.2 Å². The summed E-state index contributed by atoms with van der Waals surface area (Å²) in [4.78, 5) is 1.94. The summed E-state index contributed by atoms with van der Waals surface area (Å²) in [5.74, 6) is 0. The van der Waals surface area contributed by atoms with Crippen LogP contribution in [0.1, 0.15) is 141 Å². The van der Waals surface area contributed by atoms with E-state index in [-0.39, 0.29) is 62.4 Å². The van der Waals surface area contributed by atoms with Gasteiger partial charge in [0.2, 0.25) is 0 Å². The first-order valence-electron chi connectivity index (χ1n) is 16.7. The summed E-state index contributed by atoms with van der Waals surface area (Å²) in [6, 6.07) is 15.0. The molecule has 0 saturated carbocycles. The molecule has 1 heterocycles. The van der Waals surface area contributed by atoms with E-state index in [2.05, 4.69) is 17.1 Å². The number of anilines is 2. The van der Waals surface area contributed by atoms with Crippen LogP contribution in [0.5, 0.6) is 0 Å². The van der Waals surface area contributed by atoms with E-state index in [1.807, 2.05) is 36.4 Å². The van der Waals surface area contributed by atoms with E-state index >= 15 is 0 Å². The molecule has 1 atom stereocenters. The smallest absolute Gasteiger partial charge is 0.744 e. The Morgan fingerprint density at radius 3 is 1.62 bits per heavy atom. The number of fused-ring (bicyclic) bond motifs is 1. The van der Waals surface area contributed by atoms with Gasteiger partial charge in [0, 0.05) is 6.54 Å². The Kier molecular flexibility index (Phi) is 19.9. The minimum Gasteiger partial charge on any atom is -0.744 e. The van der Waals surface area contributed by atoms with Crippen molar-refractivity contribution in [2.45, 2.75) is 153 Å². The molecule has 0 bridgehead atoms. The molecule has 0 amide bonds. The van der Waals surface area contributed by atoms with Gasteiger partial charge in [0.25, 0.3) is 0 Å². The molecule has 1 aliphatic heterocycles. The number of nitrogens with one attached hydrogen (secondary N) is 1. The Balaban J connectivity index is 0.00000616. The predicted molar refractivity (Wildman–Crippen MR) is 172 cm³/mol. The average molecular weight is 623 g/mol. The summed E-state index contributed by atoms with van der Waals surface area (Å²) in [6.45, 7) is 2.85. The fourth-order valence-corrected chi connectivity index (χ4v) is 6.87. The largest absolute Gasteiger partial charge is 1.00 e. The third kappa shape index (κ3) is 14.1. The molecule has 1 N–H and O–H groups in total. The van der Waals surface area contributed by atoms with Crippen LogP contribution in [0.25, 0.3) is 0 Å². The van der Waals surface area contributed by atoms with Crippen molar-refractivity contribution in [1.29, 1.82) is 0 Å². The standard InChI is InChI=1S/C35H56N2O3S.K/c1-2-3-4-5-6-7-8-9-10-11-12-13-14-15-16-17-18-19-23-29-34-36-32-27-24-28-33(41(38,39)40)35(32)37(34)30-31-25-21-20-22-26-31;/h20-22,24-28,34,36H,2-19,23,29-30H2,1H3,(H,38,39,40);/q;+1/p-1. The summed E-state index contributed by atoms with van der Waals surface area (Å²) in [6.07, 6.45) is 26.8. The molecule has 230 valence electrons. The third-order valence-electron chi connectivity index (χ3n) is 8.53. The van der Waals surface area contributed by atoms with Crippen molar-refractivity contribution in [3.05, 3.63) is 54.1 Å². The van der Waals surface area contributed by atoms with Crippen molar-refractivity contribution in [2.75, 3.05) is 10.2 Å². The van der Waals surface area contributed by atoms with Crippen LogP contribution < -0.4 is 61.6 Å². The van der Waals surface area contributed by atoms with Gasteiger partial charge in [-0.25, -0.2) is 8.42 Å². The van der Waals surface area contributed by atoms with Gasteiger partial charge in [0.1, 0.15) is 10.1 Å². The molecule has 5 nitrogen and oxygen atoms in total. The number of para-hydroxylation sites is 1. The van der Waals surface area contributed by atoms with Crippen molar-refractivity contribution in [3.8, 4) is 0 Å². The average Bonchev–Trinajstić information content (AvgIpc) is 3.31. The monoisotopic (exact) mass is 622 g/mol. The van der Waals surface area contributed by atoms with Gasteiger partial charge in [-0.05, 0) is 30.5 Å². The predicted octanol–water partition coefficient (Wildman–Crippen LogP) is 7.17. The van der Waals surface area contributed by atoms with Gasteiger partial charge >= 0.3 is 51.4 Å². The molecule has 0 fully saturated rings. The van der Waals surface area contributed by atoms with E-state index in [1.54, 1.807) is 6.07 Å². The van der Waals surface area contributed by atoms with Crippen LogP contribution in [0.4, 0.5) is 11.4 Å². The summed E-state index contributed by atoms with van der Waals surface area (Å²) >= 11 is 0. The summed E-state index contributed by atoms with van der Waals surface area (Å²) < 4.78 is 36.1. The van der Waals surface area contributed by atoms with Crippen molar-refractivity contribution >= 4 is 21.5 Å². The maximum absolute atomic E-state index is 12.0. The van der Waals surface area contributed by atoms with Crippen LogP contribution in [-0.2, 0) is 16.7 Å². The van der Waals surface area contributed by atoms with E-state index in [1.165, 1.54) is 122 Å². The Bertz CT molecular complexity index is 1080. The zero-order valence-corrected chi connectivity index (χ0v) is 30.6. The molecule has 2 aromatic carbocycles. The summed E-state index contributed by atoms with van der Waals surface area (Å²) in [5.41, 5.74) is 2.35. The van der Waals surface area contributed by atoms with E-state index in [0.717, 1.165) is 24.1 Å². The Hall–Kier alpha value is -0.414. The Morgan fingerprint density at radius 1 is 0.667 bits per heavy atom. The second-order valence-corrected chi connectivity index (χ2v) is 13.4. The number of benzene rings is 2. The van der Waals surface area contributed by atoms with Gasteiger partial charge in [0.15, 0.2) is 0 Å². The van der Waals surface area contributed by atoms with Gasteiger partial charge < -0.3 is 14.8 Å². The first-order valence-corrected chi connectivity index (χ1v) is 18.1. The summed E-state index contributed by atoms with van der Waals surface area (Å²) in [5, 5.41) is 3.50. The fraction of sp³-hybridized carbons (Fsp3) is 0.657. The Labute approximate surface area is 300 Å². The van der Waals surface area contributed by atoms with Crippen LogP contribution in [0.15, 0.2) is 53.4 Å². The number of rotatable bonds is 23. The molecular formula is C35H55KN2O3S. The number of unbranched alkanes of at least 4 members (excludes halogenated alkanes) is 18. The maximum Gasteiger partial charge on any atom is 1.00 e. The molecule has 0 spiro atoms. The van der Waals surface area contributed by atoms with Crippen LogP contribution in [-0.4, -0.2) is 19.1 Å². The molecule has 0 aromatic heterocycles. The zero-order valence-electron chi connectivity index (χ0n) is 26.6. The number of hydrogen-bond acceptors (Lipinski definition) is 5. The number of hydrogen-bond donors (Lipinski definition) is 1. The van der Waals surface area contributed by atoms with Crippen LogP contribution >= 0.6 is 0 Å². The van der Waals surface area contributed by atoms with E-state index < -0.39 is 10.1 Å². The van der Waals surface area contributed by atoms with Crippen LogP contribution in [0.3, 0.4) is 0 Å². The second-order valence-electron chi connectivity index (χ2n) is 12.0. The number of nitrogens with zero attached hydrogens (tertiary/aromatic N) is 1. The molecule has 2 aromatic rings. The van der Waals surface area contributed by atoms with Crippen molar-refractivity contribution < 1.29 is 64.4 Å². The van der Waals surface area contributed by atoms with Crippen molar-refractivity contribution in [2.24, 2.45) is 0 Å². The second kappa shape index (κ2) is 22.1. The first kappa shape index (κ1) is 37.8. The molecule has 42 heavy (non-hydrogen) atoms. The molecule has 7 heteroatoms. The topological polar surface area (TPSA) is 72.5 Å². The zero-order chi connectivity index (χ0) is 29.2. The van der Waals surface area contributed by atoms with Gasteiger partial charge in [-0.1, -0.05) is 159 Å². The minimum absolute atomic E-state index is 0. The third-order valence-corrected chi connectivity index (χ3v) is 9.40. The maximum atomic E-state index is 12.0. The Morgan fingerprint density at radius 2 is 1.14 bits per heavy atom. The molecule has 0 saturated heterocycles. The van der Waals surface area contributed by atoms with Crippen LogP contribution in [0.2, 0.25) is 0 Å². The van der Waals surface area contributed by atoms with Gasteiger partial charge in [-0.3, -0.25) is 0 Å². The van der Waals surface area contributed by atoms with E-state index in [4.69, 9.17) is 0 Å². The minimum atomic E-state index is -4.56. The summed E-state index contributed by atoms with van der Waals surface area (Å²) in [7, 11) is -4.56. The SMILES string of the molecule is CCCCCCCCCCCCCCCCCCCCCC1Nc2cccc(S(=O)(=O)[O-])c2N1Cc1ccccc1.[K+]. The van der Waals surface area contributed by atoms with Gasteiger partial charge in [-0.15, -0.1) is 0 Å². The first-order chi connectivity index (χ1) is 20.0. The molecule has 1 aliphatic rings. The molecule has 3 rings (SSSR count). The quantitative estimate of drug-likeness (QED) is 0.0808. The van der Waals surface area contributed by atoms with Crippen molar-refractivity contribution in [3.63, 3.8) is 0 Å². The molecular weight excluding hydrogens is 568 g/mol. The van der Waals surface area contributed by atoms with Crippen LogP contribution in [0, 0.1) is 0 Å². The van der Waals surface area contributed by atoms with Gasteiger partial charge in [0.05, 0.1) is 22.4 Å². The van der Waals surface area contributed by atoms with Crippen molar-refractivity contribution in [1.82, 2.24) is 0 Å². The molecule has 0 aliphatic carbocycles. The van der Waals surface area contributed by atoms with Gasteiger partial charge in [-0.2, -0.15) is 0 Å². The molecule has 0 radical (unpaired) electrons. The fourth-order valence-electron chi connectivity index (χ4n) is 6.16. The normalized spacial score (nSPS) is 14.4. The molecule has 1 unspecified atom stereocenters.